The average Bonchev–Trinajstić information content (AvgIpc) is 2.34. The fraction of sp³-hybridized carbons (Fsp3) is 0.167. The van der Waals surface area contributed by atoms with Crippen molar-refractivity contribution < 1.29 is 18.7 Å². The summed E-state index contributed by atoms with van der Waals surface area (Å²) in [4.78, 5) is 22.7. The minimum absolute atomic E-state index is 0.182. The molecule has 0 atom stereocenters. The maximum absolute atomic E-state index is 12.8. The van der Waals surface area contributed by atoms with E-state index in [4.69, 9.17) is 4.74 Å². The lowest BCUT2D eigenvalue weighted by atomic mass is 10.3. The molecular formula is C12H13FN2O3. The van der Waals surface area contributed by atoms with Gasteiger partial charge in [0.25, 0.3) is 0 Å². The van der Waals surface area contributed by atoms with Crippen molar-refractivity contribution in [3.8, 4) is 0 Å². The molecule has 0 saturated carbocycles. The third-order valence-corrected chi connectivity index (χ3v) is 1.91. The van der Waals surface area contributed by atoms with Gasteiger partial charge in [0.15, 0.2) is 0 Å². The molecule has 1 aromatic rings. The summed E-state index contributed by atoms with van der Waals surface area (Å²) in [7, 11) is 0. The zero-order valence-electron chi connectivity index (χ0n) is 9.61. The lowest BCUT2D eigenvalue weighted by molar-refractivity contribution is -0.136. The Labute approximate surface area is 104 Å². The van der Waals surface area contributed by atoms with Gasteiger partial charge in [-0.15, -0.1) is 0 Å². The second kappa shape index (κ2) is 7.05. The minimum Gasteiger partial charge on any atom is -0.500 e. The van der Waals surface area contributed by atoms with Crippen molar-refractivity contribution in [2.75, 3.05) is 18.5 Å². The molecule has 96 valence electrons. The summed E-state index contributed by atoms with van der Waals surface area (Å²) < 4.78 is 17.6. The van der Waals surface area contributed by atoms with Crippen molar-refractivity contribution in [2.45, 2.75) is 0 Å². The maximum atomic E-state index is 12.8. The fourth-order valence-corrected chi connectivity index (χ4v) is 1.14. The standard InChI is InChI=1S/C12H13FN2O3/c1-2-18-7-6-14-11(16)12(17)15-10-5-3-4-9(13)8-10/h2-5,8H,1,6-7H2,(H,14,16)(H,15,17). The van der Waals surface area contributed by atoms with Crippen molar-refractivity contribution in [3.63, 3.8) is 0 Å². The van der Waals surface area contributed by atoms with E-state index in [-0.39, 0.29) is 18.8 Å². The van der Waals surface area contributed by atoms with Crippen LogP contribution in [-0.2, 0) is 14.3 Å². The van der Waals surface area contributed by atoms with Crippen LogP contribution < -0.4 is 10.6 Å². The number of benzene rings is 1. The second-order valence-electron chi connectivity index (χ2n) is 3.26. The van der Waals surface area contributed by atoms with E-state index in [1.165, 1.54) is 24.5 Å². The van der Waals surface area contributed by atoms with E-state index < -0.39 is 17.6 Å². The van der Waals surface area contributed by atoms with Gasteiger partial charge in [0.05, 0.1) is 12.8 Å². The van der Waals surface area contributed by atoms with Crippen LogP contribution in [0.3, 0.4) is 0 Å². The van der Waals surface area contributed by atoms with Gasteiger partial charge in [0.1, 0.15) is 12.4 Å². The lowest BCUT2D eigenvalue weighted by Gasteiger charge is -2.06. The molecule has 1 aromatic carbocycles. The van der Waals surface area contributed by atoms with Gasteiger partial charge in [-0.3, -0.25) is 9.59 Å². The molecule has 0 heterocycles. The Kier molecular flexibility index (Phi) is 5.37. The molecule has 0 aliphatic heterocycles. The first kappa shape index (κ1) is 13.7. The van der Waals surface area contributed by atoms with Gasteiger partial charge < -0.3 is 15.4 Å². The van der Waals surface area contributed by atoms with Crippen molar-refractivity contribution >= 4 is 17.5 Å². The first-order valence-electron chi connectivity index (χ1n) is 5.20. The van der Waals surface area contributed by atoms with Gasteiger partial charge in [-0.1, -0.05) is 12.6 Å². The highest BCUT2D eigenvalue weighted by Gasteiger charge is 2.12. The minimum atomic E-state index is -0.862. The normalized spacial score (nSPS) is 9.39. The number of hydrogen-bond acceptors (Lipinski definition) is 3. The smallest absolute Gasteiger partial charge is 0.313 e. The maximum Gasteiger partial charge on any atom is 0.313 e. The van der Waals surface area contributed by atoms with Crippen molar-refractivity contribution in [1.29, 1.82) is 0 Å². The summed E-state index contributed by atoms with van der Waals surface area (Å²) >= 11 is 0. The molecule has 0 saturated heterocycles. The first-order chi connectivity index (χ1) is 8.63. The van der Waals surface area contributed by atoms with Crippen LogP contribution in [0, 0.1) is 5.82 Å². The van der Waals surface area contributed by atoms with E-state index >= 15 is 0 Å². The van der Waals surface area contributed by atoms with Crippen LogP contribution in [0.4, 0.5) is 10.1 Å². The molecule has 0 spiro atoms. The Bertz CT molecular complexity index is 449. The third kappa shape index (κ3) is 4.65. The van der Waals surface area contributed by atoms with Crippen molar-refractivity contribution in [2.24, 2.45) is 0 Å². The molecule has 0 aliphatic carbocycles. The number of nitrogens with one attached hydrogen (secondary N) is 2. The SMILES string of the molecule is C=COCCNC(=O)C(=O)Nc1cccc(F)c1. The van der Waals surface area contributed by atoms with E-state index in [0.717, 1.165) is 6.07 Å². The van der Waals surface area contributed by atoms with Gasteiger partial charge >= 0.3 is 11.8 Å². The molecule has 0 fully saturated rings. The van der Waals surface area contributed by atoms with Crippen LogP contribution in [0.25, 0.3) is 0 Å². The zero-order valence-corrected chi connectivity index (χ0v) is 9.61. The molecule has 2 N–H and O–H groups in total. The zero-order chi connectivity index (χ0) is 13.4. The summed E-state index contributed by atoms with van der Waals surface area (Å²) in [5, 5.41) is 4.61. The number of halogens is 1. The Morgan fingerprint density at radius 2 is 2.17 bits per heavy atom. The molecule has 18 heavy (non-hydrogen) atoms. The number of hydrogen-bond donors (Lipinski definition) is 2. The predicted octanol–water partition coefficient (Wildman–Crippen LogP) is 1.04. The van der Waals surface area contributed by atoms with Gasteiger partial charge in [-0.2, -0.15) is 0 Å². The molecule has 0 aromatic heterocycles. The van der Waals surface area contributed by atoms with E-state index in [0.29, 0.717) is 0 Å². The van der Waals surface area contributed by atoms with Crippen LogP contribution >= 0.6 is 0 Å². The largest absolute Gasteiger partial charge is 0.500 e. The Balaban J connectivity index is 2.40. The van der Waals surface area contributed by atoms with Crippen LogP contribution in [0.2, 0.25) is 0 Å². The summed E-state index contributed by atoms with van der Waals surface area (Å²) in [6.07, 6.45) is 1.24. The summed E-state index contributed by atoms with van der Waals surface area (Å²) in [5.41, 5.74) is 0.220. The first-order valence-corrected chi connectivity index (χ1v) is 5.20. The van der Waals surface area contributed by atoms with Crippen LogP contribution in [0.15, 0.2) is 37.1 Å². The topological polar surface area (TPSA) is 67.4 Å². The molecule has 0 aliphatic rings. The Hall–Kier alpha value is -2.37. The van der Waals surface area contributed by atoms with Gasteiger partial charge in [-0.05, 0) is 18.2 Å². The second-order valence-corrected chi connectivity index (χ2v) is 3.26. The number of amides is 2. The third-order valence-electron chi connectivity index (χ3n) is 1.91. The van der Waals surface area contributed by atoms with E-state index in [2.05, 4.69) is 17.2 Å². The molecular weight excluding hydrogens is 239 g/mol. The van der Waals surface area contributed by atoms with Gasteiger partial charge in [0.2, 0.25) is 0 Å². The summed E-state index contributed by atoms with van der Waals surface area (Å²) in [6, 6.07) is 5.27. The molecule has 5 nitrogen and oxygen atoms in total. The summed E-state index contributed by atoms with van der Waals surface area (Å²) in [5.74, 6) is -2.17. The number of anilines is 1. The van der Waals surface area contributed by atoms with E-state index in [9.17, 15) is 14.0 Å². The molecule has 6 heteroatoms. The molecule has 0 unspecified atom stereocenters. The number of ether oxygens (including phenoxy) is 1. The predicted molar refractivity (Wildman–Crippen MR) is 64.2 cm³/mol. The van der Waals surface area contributed by atoms with Crippen LogP contribution in [0.1, 0.15) is 0 Å². The Morgan fingerprint density at radius 1 is 1.39 bits per heavy atom. The summed E-state index contributed by atoms with van der Waals surface area (Å²) in [6.45, 7) is 3.73. The van der Waals surface area contributed by atoms with Crippen molar-refractivity contribution in [1.82, 2.24) is 5.32 Å². The van der Waals surface area contributed by atoms with Gasteiger partial charge in [-0.25, -0.2) is 4.39 Å². The number of carbonyl (C=O) groups excluding carboxylic acids is 2. The highest BCUT2D eigenvalue weighted by atomic mass is 19.1. The van der Waals surface area contributed by atoms with E-state index in [1.807, 2.05) is 0 Å². The Morgan fingerprint density at radius 3 is 2.83 bits per heavy atom. The number of rotatable bonds is 5. The quantitative estimate of drug-likeness (QED) is 0.467. The van der Waals surface area contributed by atoms with E-state index in [1.54, 1.807) is 0 Å². The lowest BCUT2D eigenvalue weighted by Crippen LogP contribution is -2.37. The van der Waals surface area contributed by atoms with Crippen molar-refractivity contribution in [3.05, 3.63) is 42.9 Å². The highest BCUT2D eigenvalue weighted by Crippen LogP contribution is 2.08. The fourth-order valence-electron chi connectivity index (χ4n) is 1.14. The molecule has 0 bridgehead atoms. The molecule has 1 rings (SSSR count). The monoisotopic (exact) mass is 252 g/mol. The molecule has 2 amide bonds. The molecule has 0 radical (unpaired) electrons. The van der Waals surface area contributed by atoms with Crippen LogP contribution in [0.5, 0.6) is 0 Å². The highest BCUT2D eigenvalue weighted by molar-refractivity contribution is 6.39. The van der Waals surface area contributed by atoms with Gasteiger partial charge in [0, 0.05) is 5.69 Å². The van der Waals surface area contributed by atoms with Crippen LogP contribution in [-0.4, -0.2) is 25.0 Å². The average molecular weight is 252 g/mol. The number of carbonyl (C=O) groups is 2.